The summed E-state index contributed by atoms with van der Waals surface area (Å²) in [6, 6.07) is 6.29. The summed E-state index contributed by atoms with van der Waals surface area (Å²) in [6.07, 6.45) is 4.23. The number of amides is 1. The van der Waals surface area contributed by atoms with E-state index in [0.29, 0.717) is 38.3 Å². The number of ketones is 1. The smallest absolute Gasteiger partial charge is 0.225 e. The van der Waals surface area contributed by atoms with Gasteiger partial charge in [-0.25, -0.2) is 4.39 Å². The van der Waals surface area contributed by atoms with Crippen LogP contribution in [-0.4, -0.2) is 36.3 Å². The molecule has 2 aliphatic carbocycles. The lowest BCUT2D eigenvalue weighted by Gasteiger charge is -2.40. The van der Waals surface area contributed by atoms with Gasteiger partial charge in [-0.1, -0.05) is 18.6 Å². The number of morpholine rings is 1. The monoisotopic (exact) mass is 345 g/mol. The summed E-state index contributed by atoms with van der Waals surface area (Å²) in [5, 5.41) is 0. The van der Waals surface area contributed by atoms with Crippen molar-refractivity contribution in [2.45, 2.75) is 38.2 Å². The van der Waals surface area contributed by atoms with Crippen molar-refractivity contribution in [1.82, 2.24) is 4.90 Å². The molecule has 25 heavy (non-hydrogen) atoms. The maximum absolute atomic E-state index is 13.1. The Labute approximate surface area is 147 Å². The number of nitrogens with zero attached hydrogens (tertiary/aromatic N) is 1. The van der Waals surface area contributed by atoms with Crippen LogP contribution >= 0.6 is 0 Å². The van der Waals surface area contributed by atoms with Crippen LogP contribution in [0.2, 0.25) is 0 Å². The fourth-order valence-electron chi connectivity index (χ4n) is 4.67. The van der Waals surface area contributed by atoms with Crippen molar-refractivity contribution in [3.63, 3.8) is 0 Å². The molecule has 1 amide bonds. The highest BCUT2D eigenvalue weighted by Crippen LogP contribution is 2.41. The zero-order chi connectivity index (χ0) is 17.4. The van der Waals surface area contributed by atoms with Gasteiger partial charge in [0.25, 0.3) is 0 Å². The van der Waals surface area contributed by atoms with Crippen molar-refractivity contribution in [3.8, 4) is 0 Å². The van der Waals surface area contributed by atoms with E-state index in [1.807, 2.05) is 4.90 Å². The van der Waals surface area contributed by atoms with Crippen LogP contribution in [0, 0.1) is 23.6 Å². The standard InChI is InChI=1S/C20H24FNO3/c21-17-6-4-13(5-7-17)18-12-22(8-9-25-18)20(24)16-10-14-2-1-3-15(11-16)19(14)23/h4-7,14-16,18H,1-3,8-12H2/t14-,15-,18+/m0/s1. The molecule has 1 aliphatic heterocycles. The molecule has 5 heteroatoms. The van der Waals surface area contributed by atoms with Gasteiger partial charge in [-0.05, 0) is 43.4 Å². The van der Waals surface area contributed by atoms with Crippen LogP contribution in [0.4, 0.5) is 4.39 Å². The van der Waals surface area contributed by atoms with Gasteiger partial charge < -0.3 is 9.64 Å². The van der Waals surface area contributed by atoms with Gasteiger partial charge in [-0.15, -0.1) is 0 Å². The fraction of sp³-hybridized carbons (Fsp3) is 0.600. The predicted molar refractivity (Wildman–Crippen MR) is 90.2 cm³/mol. The third-order valence-corrected chi connectivity index (χ3v) is 6.02. The minimum Gasteiger partial charge on any atom is -0.370 e. The van der Waals surface area contributed by atoms with Crippen LogP contribution in [0.25, 0.3) is 0 Å². The Morgan fingerprint density at radius 3 is 2.48 bits per heavy atom. The first kappa shape index (κ1) is 16.7. The summed E-state index contributed by atoms with van der Waals surface area (Å²) >= 11 is 0. The Hall–Kier alpha value is -1.75. The van der Waals surface area contributed by atoms with E-state index in [-0.39, 0.29) is 35.6 Å². The third kappa shape index (κ3) is 3.34. The Morgan fingerprint density at radius 1 is 1.12 bits per heavy atom. The molecule has 1 heterocycles. The molecule has 3 fully saturated rings. The summed E-state index contributed by atoms with van der Waals surface area (Å²) in [7, 11) is 0. The molecular weight excluding hydrogens is 321 g/mol. The molecule has 134 valence electrons. The normalized spacial score (nSPS) is 32.5. The second-order valence-corrected chi connectivity index (χ2v) is 7.59. The highest BCUT2D eigenvalue weighted by molar-refractivity contribution is 5.88. The summed E-state index contributed by atoms with van der Waals surface area (Å²) < 4.78 is 18.9. The average molecular weight is 345 g/mol. The molecule has 0 N–H and O–H groups in total. The topological polar surface area (TPSA) is 46.6 Å². The number of hydrogen-bond donors (Lipinski definition) is 0. The molecule has 4 rings (SSSR count). The van der Waals surface area contributed by atoms with Crippen molar-refractivity contribution in [1.29, 1.82) is 0 Å². The van der Waals surface area contributed by atoms with Gasteiger partial charge in [0, 0.05) is 24.3 Å². The second kappa shape index (κ2) is 6.87. The largest absolute Gasteiger partial charge is 0.370 e. The molecule has 0 radical (unpaired) electrons. The predicted octanol–water partition coefficient (Wildman–Crippen LogP) is 3.12. The number of rotatable bonds is 2. The van der Waals surface area contributed by atoms with Crippen LogP contribution < -0.4 is 0 Å². The van der Waals surface area contributed by atoms with E-state index in [1.165, 1.54) is 12.1 Å². The Morgan fingerprint density at radius 2 is 1.80 bits per heavy atom. The number of carbonyl (C=O) groups excluding carboxylic acids is 2. The SMILES string of the molecule is O=C1[C@H]2CCC[C@H]1CC(C(=O)N1CCO[C@@H](c3ccc(F)cc3)C1)C2. The first-order valence-corrected chi connectivity index (χ1v) is 9.31. The molecule has 0 unspecified atom stereocenters. The molecule has 2 bridgehead atoms. The van der Waals surface area contributed by atoms with E-state index < -0.39 is 0 Å². The number of fused-ring (bicyclic) bond motifs is 2. The molecule has 3 aliphatic rings. The van der Waals surface area contributed by atoms with Crippen LogP contribution in [0.5, 0.6) is 0 Å². The van der Waals surface area contributed by atoms with E-state index >= 15 is 0 Å². The summed E-state index contributed by atoms with van der Waals surface area (Å²) in [6.45, 7) is 1.59. The molecule has 1 saturated heterocycles. The summed E-state index contributed by atoms with van der Waals surface area (Å²) in [5.74, 6) is 0.443. The van der Waals surface area contributed by atoms with Gasteiger partial charge in [0.05, 0.1) is 13.2 Å². The highest BCUT2D eigenvalue weighted by Gasteiger charge is 2.42. The first-order valence-electron chi connectivity index (χ1n) is 9.31. The minimum atomic E-state index is -0.272. The second-order valence-electron chi connectivity index (χ2n) is 7.59. The number of Topliss-reactive ketones (excluding diaryl/α,β-unsaturated/α-hetero) is 1. The zero-order valence-electron chi connectivity index (χ0n) is 14.3. The highest BCUT2D eigenvalue weighted by atomic mass is 19.1. The van der Waals surface area contributed by atoms with Crippen LogP contribution in [0.3, 0.4) is 0 Å². The zero-order valence-corrected chi connectivity index (χ0v) is 14.3. The van der Waals surface area contributed by atoms with E-state index in [9.17, 15) is 14.0 Å². The maximum atomic E-state index is 13.1. The molecule has 3 atom stereocenters. The van der Waals surface area contributed by atoms with Crippen LogP contribution in [0.15, 0.2) is 24.3 Å². The number of ether oxygens (including phenoxy) is 1. The first-order chi connectivity index (χ1) is 12.1. The van der Waals surface area contributed by atoms with E-state index in [0.717, 1.165) is 24.8 Å². The molecule has 1 aromatic carbocycles. The Bertz CT molecular complexity index is 643. The molecule has 0 spiro atoms. The van der Waals surface area contributed by atoms with Crippen molar-refractivity contribution < 1.29 is 18.7 Å². The van der Waals surface area contributed by atoms with Crippen molar-refractivity contribution >= 4 is 11.7 Å². The van der Waals surface area contributed by atoms with E-state index in [2.05, 4.69) is 0 Å². The molecular formula is C20H24FNO3. The molecule has 0 aromatic heterocycles. The van der Waals surface area contributed by atoms with E-state index in [1.54, 1.807) is 12.1 Å². The lowest BCUT2D eigenvalue weighted by molar-refractivity contribution is -0.148. The molecule has 1 aromatic rings. The van der Waals surface area contributed by atoms with Gasteiger partial charge in [0.15, 0.2) is 0 Å². The Balaban J connectivity index is 1.43. The molecule has 4 nitrogen and oxygen atoms in total. The van der Waals surface area contributed by atoms with Gasteiger partial charge in [0.2, 0.25) is 5.91 Å². The lowest BCUT2D eigenvalue weighted by atomic mass is 9.67. The Kier molecular flexibility index (Phi) is 4.59. The van der Waals surface area contributed by atoms with Gasteiger partial charge in [0.1, 0.15) is 17.7 Å². The summed E-state index contributed by atoms with van der Waals surface area (Å²) in [4.78, 5) is 27.1. The summed E-state index contributed by atoms with van der Waals surface area (Å²) in [5.41, 5.74) is 0.898. The van der Waals surface area contributed by atoms with Gasteiger partial charge >= 0.3 is 0 Å². The van der Waals surface area contributed by atoms with Gasteiger partial charge in [-0.2, -0.15) is 0 Å². The minimum absolute atomic E-state index is 0.0278. The fourth-order valence-corrected chi connectivity index (χ4v) is 4.67. The molecule has 2 saturated carbocycles. The van der Waals surface area contributed by atoms with Crippen molar-refractivity contribution in [2.75, 3.05) is 19.7 Å². The quantitative estimate of drug-likeness (QED) is 0.827. The van der Waals surface area contributed by atoms with Crippen LogP contribution in [0.1, 0.15) is 43.8 Å². The van der Waals surface area contributed by atoms with E-state index in [4.69, 9.17) is 4.74 Å². The number of carbonyl (C=O) groups is 2. The average Bonchev–Trinajstić information content (AvgIpc) is 2.62. The maximum Gasteiger partial charge on any atom is 0.225 e. The number of benzene rings is 1. The van der Waals surface area contributed by atoms with Crippen LogP contribution in [-0.2, 0) is 14.3 Å². The van der Waals surface area contributed by atoms with Crippen molar-refractivity contribution in [3.05, 3.63) is 35.6 Å². The lowest BCUT2D eigenvalue weighted by Crippen LogP contribution is -2.48. The van der Waals surface area contributed by atoms with Crippen molar-refractivity contribution in [2.24, 2.45) is 17.8 Å². The van der Waals surface area contributed by atoms with Gasteiger partial charge in [-0.3, -0.25) is 9.59 Å². The third-order valence-electron chi connectivity index (χ3n) is 6.02. The number of halogens is 1. The number of hydrogen-bond acceptors (Lipinski definition) is 3.